The Morgan fingerprint density at radius 2 is 2.08 bits per heavy atom. The van der Waals surface area contributed by atoms with Gasteiger partial charge in [-0.15, -0.1) is 0 Å². The zero-order valence-electron chi connectivity index (χ0n) is 13.5. The van der Waals surface area contributed by atoms with Crippen molar-refractivity contribution in [3.63, 3.8) is 0 Å². The molecule has 130 valence electrons. The smallest absolute Gasteiger partial charge is 0.229 e. The summed E-state index contributed by atoms with van der Waals surface area (Å²) in [5.74, 6) is -0.961. The molecule has 0 aliphatic carbocycles. The van der Waals surface area contributed by atoms with Gasteiger partial charge in [0, 0.05) is 18.7 Å². The van der Waals surface area contributed by atoms with Crippen LogP contribution >= 0.6 is 11.6 Å². The van der Waals surface area contributed by atoms with Gasteiger partial charge in [0.2, 0.25) is 11.8 Å². The van der Waals surface area contributed by atoms with Crippen LogP contribution in [-0.4, -0.2) is 25.5 Å². The molecule has 1 aliphatic rings. The molecule has 1 heterocycles. The predicted molar refractivity (Wildman–Crippen MR) is 93.5 cm³/mol. The van der Waals surface area contributed by atoms with Crippen LogP contribution in [0.5, 0.6) is 5.75 Å². The maximum absolute atomic E-state index is 13.2. The molecule has 1 saturated heterocycles. The number of hydrogen-bond donors (Lipinski definition) is 1. The first kappa shape index (κ1) is 17.2. The van der Waals surface area contributed by atoms with E-state index in [4.69, 9.17) is 16.3 Å². The second kappa shape index (κ2) is 7.11. The first-order valence-corrected chi connectivity index (χ1v) is 8.06. The molecule has 5 nitrogen and oxygen atoms in total. The largest absolute Gasteiger partial charge is 0.495 e. The van der Waals surface area contributed by atoms with Crippen molar-refractivity contribution in [1.29, 1.82) is 0 Å². The zero-order chi connectivity index (χ0) is 18.0. The molecular weight excluding hydrogens is 347 g/mol. The van der Waals surface area contributed by atoms with Gasteiger partial charge in [0.25, 0.3) is 0 Å². The Bertz CT molecular complexity index is 828. The van der Waals surface area contributed by atoms with Crippen LogP contribution < -0.4 is 15.0 Å². The molecule has 0 spiro atoms. The normalized spacial score (nSPS) is 16.8. The lowest BCUT2D eigenvalue weighted by Crippen LogP contribution is -2.28. The summed E-state index contributed by atoms with van der Waals surface area (Å²) in [7, 11) is 1.53. The third kappa shape index (κ3) is 3.58. The van der Waals surface area contributed by atoms with Gasteiger partial charge < -0.3 is 15.0 Å². The van der Waals surface area contributed by atoms with E-state index >= 15 is 0 Å². The molecule has 1 fully saturated rings. The number of benzene rings is 2. The molecule has 1 unspecified atom stereocenters. The second-order valence-electron chi connectivity index (χ2n) is 5.70. The van der Waals surface area contributed by atoms with Crippen molar-refractivity contribution >= 4 is 34.8 Å². The summed E-state index contributed by atoms with van der Waals surface area (Å²) in [4.78, 5) is 26.3. The molecule has 1 atom stereocenters. The van der Waals surface area contributed by atoms with Gasteiger partial charge in [0.1, 0.15) is 11.6 Å². The van der Waals surface area contributed by atoms with Crippen molar-refractivity contribution in [2.45, 2.75) is 6.42 Å². The number of ether oxygens (including phenoxy) is 1. The van der Waals surface area contributed by atoms with Gasteiger partial charge in [0.05, 0.1) is 23.7 Å². The number of anilines is 2. The number of para-hydroxylation sites is 2. The summed E-state index contributed by atoms with van der Waals surface area (Å²) in [5.41, 5.74) is 1.02. The molecule has 1 N–H and O–H groups in total. The second-order valence-corrected chi connectivity index (χ2v) is 6.10. The number of methoxy groups -OCH3 is 1. The predicted octanol–water partition coefficient (Wildman–Crippen LogP) is 3.48. The molecule has 0 bridgehead atoms. The fourth-order valence-corrected chi connectivity index (χ4v) is 2.97. The minimum atomic E-state index is -0.557. The van der Waals surface area contributed by atoms with Gasteiger partial charge in [0.15, 0.2) is 0 Å². The maximum atomic E-state index is 13.2. The first-order valence-electron chi connectivity index (χ1n) is 7.69. The molecule has 2 amide bonds. The van der Waals surface area contributed by atoms with Gasteiger partial charge >= 0.3 is 0 Å². The zero-order valence-corrected chi connectivity index (χ0v) is 14.2. The van der Waals surface area contributed by atoms with Gasteiger partial charge in [-0.3, -0.25) is 9.59 Å². The highest BCUT2D eigenvalue weighted by Gasteiger charge is 2.36. The topological polar surface area (TPSA) is 58.6 Å². The Kier molecular flexibility index (Phi) is 4.90. The standard InChI is InChI=1S/C18H16ClFN2O3/c1-25-16-5-3-2-4-15(16)22-10-11(8-17(22)23)18(24)21-12-6-7-14(20)13(19)9-12/h2-7,9,11H,8,10H2,1H3,(H,21,24). The molecule has 3 rings (SSSR count). The average Bonchev–Trinajstić information content (AvgIpc) is 3.00. The quantitative estimate of drug-likeness (QED) is 0.905. The van der Waals surface area contributed by atoms with Crippen molar-refractivity contribution < 1.29 is 18.7 Å². The van der Waals surface area contributed by atoms with Crippen LogP contribution in [0, 0.1) is 11.7 Å². The van der Waals surface area contributed by atoms with E-state index in [0.29, 0.717) is 17.1 Å². The van der Waals surface area contributed by atoms with Gasteiger partial charge in [-0.2, -0.15) is 0 Å². The fraction of sp³-hybridized carbons (Fsp3) is 0.222. The molecule has 2 aromatic rings. The summed E-state index contributed by atoms with van der Waals surface area (Å²) < 4.78 is 18.5. The van der Waals surface area contributed by atoms with Crippen molar-refractivity contribution in [1.82, 2.24) is 0 Å². The number of nitrogens with one attached hydrogen (secondary N) is 1. The Balaban J connectivity index is 1.73. The molecule has 0 radical (unpaired) electrons. The number of hydrogen-bond acceptors (Lipinski definition) is 3. The summed E-state index contributed by atoms with van der Waals surface area (Å²) in [6.07, 6.45) is 0.0960. The van der Waals surface area contributed by atoms with Crippen molar-refractivity contribution in [3.8, 4) is 5.75 Å². The van der Waals surface area contributed by atoms with Crippen LogP contribution in [0.1, 0.15) is 6.42 Å². The van der Waals surface area contributed by atoms with E-state index in [-0.39, 0.29) is 29.8 Å². The molecule has 25 heavy (non-hydrogen) atoms. The number of nitrogens with zero attached hydrogens (tertiary/aromatic N) is 1. The van der Waals surface area contributed by atoms with E-state index in [9.17, 15) is 14.0 Å². The van der Waals surface area contributed by atoms with Crippen molar-refractivity contribution in [3.05, 3.63) is 53.3 Å². The number of carbonyl (C=O) groups excluding carboxylic acids is 2. The fourth-order valence-electron chi connectivity index (χ4n) is 2.79. The summed E-state index contributed by atoms with van der Waals surface area (Å²) >= 11 is 5.71. The maximum Gasteiger partial charge on any atom is 0.229 e. The van der Waals surface area contributed by atoms with Gasteiger partial charge in [-0.1, -0.05) is 23.7 Å². The molecule has 0 aromatic heterocycles. The van der Waals surface area contributed by atoms with E-state index in [1.54, 1.807) is 23.1 Å². The number of rotatable bonds is 4. The lowest BCUT2D eigenvalue weighted by atomic mass is 10.1. The van der Waals surface area contributed by atoms with Crippen LogP contribution in [0.25, 0.3) is 0 Å². The Labute approximate surface area is 149 Å². The third-order valence-electron chi connectivity index (χ3n) is 4.06. The van der Waals surface area contributed by atoms with E-state index in [2.05, 4.69) is 5.32 Å². The summed E-state index contributed by atoms with van der Waals surface area (Å²) in [6, 6.07) is 11.1. The SMILES string of the molecule is COc1ccccc1N1CC(C(=O)Nc2ccc(F)c(Cl)c2)CC1=O. The average molecular weight is 363 g/mol. The Morgan fingerprint density at radius 1 is 1.32 bits per heavy atom. The molecular formula is C18H16ClFN2O3. The van der Waals surface area contributed by atoms with Crippen molar-refractivity contribution in [2.24, 2.45) is 5.92 Å². The first-order chi connectivity index (χ1) is 12.0. The molecule has 1 aliphatic heterocycles. The lowest BCUT2D eigenvalue weighted by molar-refractivity contribution is -0.122. The number of halogens is 2. The highest BCUT2D eigenvalue weighted by atomic mass is 35.5. The highest BCUT2D eigenvalue weighted by molar-refractivity contribution is 6.31. The lowest BCUT2D eigenvalue weighted by Gasteiger charge is -2.19. The minimum absolute atomic E-state index is 0.0732. The molecule has 2 aromatic carbocycles. The van der Waals surface area contributed by atoms with E-state index in [1.165, 1.54) is 25.3 Å². The minimum Gasteiger partial charge on any atom is -0.495 e. The van der Waals surface area contributed by atoms with Crippen LogP contribution in [0.4, 0.5) is 15.8 Å². The highest BCUT2D eigenvalue weighted by Crippen LogP contribution is 2.33. The number of carbonyl (C=O) groups is 2. The van der Waals surface area contributed by atoms with Gasteiger partial charge in [-0.25, -0.2) is 4.39 Å². The van der Waals surface area contributed by atoms with E-state index in [0.717, 1.165) is 0 Å². The number of amides is 2. The Hall–Kier alpha value is -2.60. The van der Waals surface area contributed by atoms with E-state index in [1.807, 2.05) is 6.07 Å². The van der Waals surface area contributed by atoms with Crippen LogP contribution in [-0.2, 0) is 9.59 Å². The monoisotopic (exact) mass is 362 g/mol. The van der Waals surface area contributed by atoms with E-state index < -0.39 is 11.7 Å². The van der Waals surface area contributed by atoms with Crippen LogP contribution in [0.2, 0.25) is 5.02 Å². The summed E-state index contributed by atoms with van der Waals surface area (Å²) in [5, 5.41) is 2.60. The molecule has 7 heteroatoms. The van der Waals surface area contributed by atoms with Gasteiger partial charge in [-0.05, 0) is 30.3 Å². The van der Waals surface area contributed by atoms with Crippen LogP contribution in [0.3, 0.4) is 0 Å². The van der Waals surface area contributed by atoms with Crippen molar-refractivity contribution in [2.75, 3.05) is 23.9 Å². The van der Waals surface area contributed by atoms with Crippen LogP contribution in [0.15, 0.2) is 42.5 Å². The molecule has 0 saturated carbocycles. The third-order valence-corrected chi connectivity index (χ3v) is 4.35. The summed E-state index contributed by atoms with van der Waals surface area (Å²) in [6.45, 7) is 0.250. The Morgan fingerprint density at radius 3 is 2.80 bits per heavy atom.